The maximum atomic E-state index is 6.57. The van der Waals surface area contributed by atoms with Crippen LogP contribution in [-0.4, -0.2) is 32.8 Å². The van der Waals surface area contributed by atoms with Gasteiger partial charge >= 0.3 is 0 Å². The second-order valence-electron chi connectivity index (χ2n) is 7.27. The summed E-state index contributed by atoms with van der Waals surface area (Å²) in [6.07, 6.45) is 2.34. The van der Waals surface area contributed by atoms with Gasteiger partial charge in [0.2, 0.25) is 5.95 Å². The quantitative estimate of drug-likeness (QED) is 0.591. The molecule has 2 aromatic heterocycles. The number of benzene rings is 2. The molecule has 0 spiro atoms. The highest BCUT2D eigenvalue weighted by atomic mass is 15.4. The van der Waals surface area contributed by atoms with E-state index in [1.165, 1.54) is 12.8 Å². The largest absolute Gasteiger partial charge is 0.383 e. The average Bonchev–Trinajstić information content (AvgIpc) is 3.37. The van der Waals surface area contributed by atoms with Crippen molar-refractivity contribution >= 4 is 22.8 Å². The van der Waals surface area contributed by atoms with Crippen LogP contribution in [0.4, 0.5) is 11.8 Å². The smallest absolute Gasteiger partial charge is 0.228 e. The number of anilines is 2. The van der Waals surface area contributed by atoms with Gasteiger partial charge in [0, 0.05) is 18.7 Å². The van der Waals surface area contributed by atoms with Gasteiger partial charge in [-0.05, 0) is 37.5 Å². The molecule has 2 N–H and O–H groups in total. The van der Waals surface area contributed by atoms with Gasteiger partial charge in [0.1, 0.15) is 5.82 Å². The maximum absolute atomic E-state index is 6.57. The number of hydrogen-bond acceptors (Lipinski definition) is 5. The Bertz CT molecular complexity index is 1140. The first-order valence-electron chi connectivity index (χ1n) is 9.64. The molecule has 4 aromatic rings. The number of aromatic nitrogens is 4. The minimum absolute atomic E-state index is 0.562. The van der Waals surface area contributed by atoms with Gasteiger partial charge < -0.3 is 10.6 Å². The van der Waals surface area contributed by atoms with Gasteiger partial charge in [-0.3, -0.25) is 0 Å². The fraction of sp³-hybridized carbons (Fsp3) is 0.227. The molecule has 1 aliphatic rings. The minimum atomic E-state index is 0.562. The Morgan fingerprint density at radius 1 is 0.929 bits per heavy atom. The fourth-order valence-corrected chi connectivity index (χ4v) is 3.82. The first kappa shape index (κ1) is 16.7. The summed E-state index contributed by atoms with van der Waals surface area (Å²) in [5.74, 6) is 1.30. The molecule has 28 heavy (non-hydrogen) atoms. The lowest BCUT2D eigenvalue weighted by Crippen LogP contribution is -2.20. The van der Waals surface area contributed by atoms with Crippen molar-refractivity contribution in [3.8, 4) is 16.9 Å². The third kappa shape index (κ3) is 2.78. The van der Waals surface area contributed by atoms with E-state index in [0.717, 1.165) is 46.9 Å². The van der Waals surface area contributed by atoms with Crippen LogP contribution in [0.5, 0.6) is 0 Å². The normalized spacial score (nSPS) is 14.1. The molecule has 0 atom stereocenters. The van der Waals surface area contributed by atoms with Crippen LogP contribution in [0.15, 0.2) is 54.6 Å². The molecule has 2 aromatic carbocycles. The summed E-state index contributed by atoms with van der Waals surface area (Å²) in [5, 5.41) is 5.56. The highest BCUT2D eigenvalue weighted by Crippen LogP contribution is 2.33. The van der Waals surface area contributed by atoms with Gasteiger partial charge in [0.05, 0.1) is 16.8 Å². The summed E-state index contributed by atoms with van der Waals surface area (Å²) < 4.78 is 1.77. The van der Waals surface area contributed by atoms with Gasteiger partial charge in [-0.2, -0.15) is 4.98 Å². The molecule has 0 amide bonds. The van der Waals surface area contributed by atoms with Crippen LogP contribution in [-0.2, 0) is 0 Å². The van der Waals surface area contributed by atoms with Crippen molar-refractivity contribution in [2.45, 2.75) is 19.8 Å². The van der Waals surface area contributed by atoms with Crippen molar-refractivity contribution in [1.29, 1.82) is 0 Å². The number of hydrogen-bond donors (Lipinski definition) is 1. The molecule has 0 saturated carbocycles. The molecule has 6 heteroatoms. The van der Waals surface area contributed by atoms with Crippen LogP contribution in [0.3, 0.4) is 0 Å². The lowest BCUT2D eigenvalue weighted by molar-refractivity contribution is 0.883. The first-order valence-corrected chi connectivity index (χ1v) is 9.64. The fourth-order valence-electron chi connectivity index (χ4n) is 3.82. The molecular weight excluding hydrogens is 348 g/mol. The lowest BCUT2D eigenvalue weighted by Gasteiger charge is -2.16. The van der Waals surface area contributed by atoms with Crippen molar-refractivity contribution in [1.82, 2.24) is 19.7 Å². The van der Waals surface area contributed by atoms with Crippen molar-refractivity contribution < 1.29 is 0 Å². The molecule has 0 aliphatic carbocycles. The van der Waals surface area contributed by atoms with E-state index in [1.54, 1.807) is 4.68 Å². The van der Waals surface area contributed by atoms with Crippen molar-refractivity contribution in [2.75, 3.05) is 23.7 Å². The van der Waals surface area contributed by atoms with E-state index in [9.17, 15) is 0 Å². The number of fused-ring (bicyclic) bond motifs is 1. The second-order valence-corrected chi connectivity index (χ2v) is 7.27. The first-order chi connectivity index (χ1) is 13.7. The highest BCUT2D eigenvalue weighted by molar-refractivity contribution is 5.99. The summed E-state index contributed by atoms with van der Waals surface area (Å²) in [6.45, 7) is 4.02. The van der Waals surface area contributed by atoms with E-state index in [0.29, 0.717) is 11.5 Å². The monoisotopic (exact) mass is 370 g/mol. The predicted octanol–water partition coefficient (Wildman–Crippen LogP) is 3.97. The zero-order valence-electron chi connectivity index (χ0n) is 15.8. The Kier molecular flexibility index (Phi) is 3.97. The van der Waals surface area contributed by atoms with Crippen molar-refractivity contribution in [2.24, 2.45) is 0 Å². The second kappa shape index (κ2) is 6.64. The molecule has 5 rings (SSSR count). The number of nitrogens with zero attached hydrogens (tertiary/aromatic N) is 5. The molecule has 0 radical (unpaired) electrons. The summed E-state index contributed by atoms with van der Waals surface area (Å²) in [7, 11) is 0. The van der Waals surface area contributed by atoms with Crippen LogP contribution in [0, 0.1) is 6.92 Å². The molecule has 1 aliphatic heterocycles. The van der Waals surface area contributed by atoms with E-state index >= 15 is 0 Å². The Labute approximate surface area is 163 Å². The Balaban J connectivity index is 1.77. The topological polar surface area (TPSA) is 72.9 Å². The Morgan fingerprint density at radius 2 is 1.71 bits per heavy atom. The molecule has 140 valence electrons. The Morgan fingerprint density at radius 3 is 2.46 bits per heavy atom. The van der Waals surface area contributed by atoms with Crippen LogP contribution in [0.1, 0.15) is 18.4 Å². The SMILES string of the molecule is Cc1cccc(-n2nc3nc(N4CCCC4)nc(-c4ccccc4)c3c2N)c1. The molecule has 3 heterocycles. The number of aryl methyl sites for hydroxylation is 1. The van der Waals surface area contributed by atoms with Gasteiger partial charge in [-0.15, -0.1) is 5.10 Å². The van der Waals surface area contributed by atoms with Gasteiger partial charge in [-0.1, -0.05) is 42.5 Å². The molecular formula is C22H22N6. The molecule has 1 fully saturated rings. The molecule has 0 bridgehead atoms. The van der Waals surface area contributed by atoms with Crippen LogP contribution >= 0.6 is 0 Å². The molecule has 6 nitrogen and oxygen atoms in total. The molecule has 0 unspecified atom stereocenters. The van der Waals surface area contributed by atoms with Crippen LogP contribution in [0.2, 0.25) is 0 Å². The van der Waals surface area contributed by atoms with E-state index < -0.39 is 0 Å². The lowest BCUT2D eigenvalue weighted by atomic mass is 10.1. The van der Waals surface area contributed by atoms with E-state index in [1.807, 2.05) is 30.3 Å². The van der Waals surface area contributed by atoms with Crippen molar-refractivity contribution in [3.63, 3.8) is 0 Å². The van der Waals surface area contributed by atoms with Crippen LogP contribution in [0.25, 0.3) is 28.0 Å². The summed E-state index contributed by atoms with van der Waals surface area (Å²) >= 11 is 0. The van der Waals surface area contributed by atoms with E-state index in [2.05, 4.69) is 36.1 Å². The minimum Gasteiger partial charge on any atom is -0.383 e. The third-order valence-electron chi connectivity index (χ3n) is 5.24. The van der Waals surface area contributed by atoms with Gasteiger partial charge in [0.15, 0.2) is 5.65 Å². The summed E-state index contributed by atoms with van der Waals surface area (Å²) in [4.78, 5) is 11.9. The standard InChI is InChI=1S/C22H22N6/c1-15-8-7-11-17(14-15)28-20(23)18-19(16-9-3-2-4-10-16)24-22(25-21(18)26-28)27-12-5-6-13-27/h2-4,7-11,14H,5-6,12-13,23H2,1H3. The van der Waals surface area contributed by atoms with Crippen molar-refractivity contribution in [3.05, 3.63) is 60.2 Å². The number of nitrogen functional groups attached to an aromatic ring is 1. The maximum Gasteiger partial charge on any atom is 0.228 e. The zero-order chi connectivity index (χ0) is 19.1. The highest BCUT2D eigenvalue weighted by Gasteiger charge is 2.22. The predicted molar refractivity (Wildman–Crippen MR) is 113 cm³/mol. The summed E-state index contributed by atoms with van der Waals surface area (Å²) in [5.41, 5.74) is 11.1. The number of rotatable bonds is 3. The average molecular weight is 370 g/mol. The van der Waals surface area contributed by atoms with Gasteiger partial charge in [-0.25, -0.2) is 9.67 Å². The van der Waals surface area contributed by atoms with E-state index in [-0.39, 0.29) is 0 Å². The van der Waals surface area contributed by atoms with Crippen LogP contribution < -0.4 is 10.6 Å². The summed E-state index contributed by atoms with van der Waals surface area (Å²) in [6, 6.07) is 18.3. The van der Waals surface area contributed by atoms with E-state index in [4.69, 9.17) is 20.8 Å². The molecule has 1 saturated heterocycles. The zero-order valence-corrected chi connectivity index (χ0v) is 15.8. The van der Waals surface area contributed by atoms with Gasteiger partial charge in [0.25, 0.3) is 0 Å². The Hall–Kier alpha value is -3.41. The third-order valence-corrected chi connectivity index (χ3v) is 5.24. The number of nitrogens with two attached hydrogens (primary N) is 1.